The maximum Gasteiger partial charge on any atom is 0.170 e. The standard InChI is InChI=1S/C16H14BrFO/c1-10-4-3-5-11(2)14(10)9-16(19)13-7-6-12(17)8-15(13)18/h3-8H,9H2,1-2H3. The van der Waals surface area contributed by atoms with Crippen molar-refractivity contribution < 1.29 is 9.18 Å². The van der Waals surface area contributed by atoms with E-state index < -0.39 is 5.82 Å². The molecule has 0 heterocycles. The second kappa shape index (κ2) is 5.66. The number of hydrogen-bond acceptors (Lipinski definition) is 1. The molecule has 0 aliphatic heterocycles. The first-order valence-electron chi connectivity index (χ1n) is 6.02. The molecule has 0 amide bonds. The Kier molecular flexibility index (Phi) is 4.15. The van der Waals surface area contributed by atoms with Gasteiger partial charge in [0.2, 0.25) is 0 Å². The first-order chi connectivity index (χ1) is 8.99. The van der Waals surface area contributed by atoms with Crippen molar-refractivity contribution in [1.82, 2.24) is 0 Å². The fourth-order valence-corrected chi connectivity index (χ4v) is 2.43. The van der Waals surface area contributed by atoms with E-state index in [0.717, 1.165) is 16.7 Å². The molecule has 0 aliphatic carbocycles. The lowest BCUT2D eigenvalue weighted by molar-refractivity contribution is 0.0988. The minimum atomic E-state index is -0.481. The number of carbonyl (C=O) groups excluding carboxylic acids is 1. The van der Waals surface area contributed by atoms with E-state index in [9.17, 15) is 9.18 Å². The Balaban J connectivity index is 2.31. The summed E-state index contributed by atoms with van der Waals surface area (Å²) in [7, 11) is 0. The van der Waals surface area contributed by atoms with Crippen LogP contribution in [0, 0.1) is 19.7 Å². The summed E-state index contributed by atoms with van der Waals surface area (Å²) in [4.78, 5) is 12.2. The fraction of sp³-hybridized carbons (Fsp3) is 0.188. The molecule has 98 valence electrons. The molecule has 0 aromatic heterocycles. The maximum absolute atomic E-state index is 13.8. The van der Waals surface area contributed by atoms with Gasteiger partial charge in [-0.3, -0.25) is 4.79 Å². The third-order valence-electron chi connectivity index (χ3n) is 3.21. The first kappa shape index (κ1) is 13.9. The van der Waals surface area contributed by atoms with Gasteiger partial charge in [-0.25, -0.2) is 4.39 Å². The lowest BCUT2D eigenvalue weighted by atomic mass is 9.95. The maximum atomic E-state index is 13.8. The number of hydrogen-bond donors (Lipinski definition) is 0. The zero-order chi connectivity index (χ0) is 14.0. The quantitative estimate of drug-likeness (QED) is 0.753. The molecule has 0 saturated carbocycles. The van der Waals surface area contributed by atoms with Crippen LogP contribution in [0.25, 0.3) is 0 Å². The second-order valence-electron chi connectivity index (χ2n) is 4.59. The highest BCUT2D eigenvalue weighted by molar-refractivity contribution is 9.10. The Hall–Kier alpha value is -1.48. The molecule has 1 nitrogen and oxygen atoms in total. The summed E-state index contributed by atoms with van der Waals surface area (Å²) >= 11 is 3.18. The van der Waals surface area contributed by atoms with Crippen LogP contribution in [0.2, 0.25) is 0 Å². The molecule has 2 aromatic rings. The van der Waals surface area contributed by atoms with Crippen molar-refractivity contribution in [3.8, 4) is 0 Å². The third kappa shape index (κ3) is 3.10. The van der Waals surface area contributed by atoms with Gasteiger partial charge in [-0.05, 0) is 48.7 Å². The van der Waals surface area contributed by atoms with Gasteiger partial charge >= 0.3 is 0 Å². The Morgan fingerprint density at radius 2 is 1.79 bits per heavy atom. The zero-order valence-electron chi connectivity index (χ0n) is 10.8. The van der Waals surface area contributed by atoms with Crippen LogP contribution in [0.1, 0.15) is 27.0 Å². The monoisotopic (exact) mass is 320 g/mol. The van der Waals surface area contributed by atoms with E-state index in [1.54, 1.807) is 6.07 Å². The number of rotatable bonds is 3. The highest BCUT2D eigenvalue weighted by Gasteiger charge is 2.14. The van der Waals surface area contributed by atoms with Gasteiger partial charge in [0.1, 0.15) is 5.82 Å². The van der Waals surface area contributed by atoms with E-state index in [1.165, 1.54) is 12.1 Å². The van der Waals surface area contributed by atoms with Crippen LogP contribution >= 0.6 is 15.9 Å². The fourth-order valence-electron chi connectivity index (χ4n) is 2.10. The van der Waals surface area contributed by atoms with Crippen molar-refractivity contribution >= 4 is 21.7 Å². The van der Waals surface area contributed by atoms with Crippen molar-refractivity contribution in [2.24, 2.45) is 0 Å². The van der Waals surface area contributed by atoms with Gasteiger partial charge in [0.15, 0.2) is 5.78 Å². The van der Waals surface area contributed by atoms with E-state index >= 15 is 0 Å². The third-order valence-corrected chi connectivity index (χ3v) is 3.71. The summed E-state index contributed by atoms with van der Waals surface area (Å²) in [6, 6.07) is 10.4. The van der Waals surface area contributed by atoms with Gasteiger partial charge in [0, 0.05) is 10.9 Å². The van der Waals surface area contributed by atoms with Gasteiger partial charge in [-0.15, -0.1) is 0 Å². The van der Waals surface area contributed by atoms with Gasteiger partial charge in [-0.1, -0.05) is 34.1 Å². The zero-order valence-corrected chi connectivity index (χ0v) is 12.4. The lowest BCUT2D eigenvalue weighted by Gasteiger charge is -2.09. The predicted octanol–water partition coefficient (Wildman–Crippen LogP) is 4.63. The van der Waals surface area contributed by atoms with E-state index in [-0.39, 0.29) is 17.8 Å². The van der Waals surface area contributed by atoms with E-state index in [1.807, 2.05) is 32.0 Å². The Morgan fingerprint density at radius 3 is 2.37 bits per heavy atom. The smallest absolute Gasteiger partial charge is 0.170 e. The lowest BCUT2D eigenvalue weighted by Crippen LogP contribution is -2.08. The molecule has 3 heteroatoms. The molecule has 0 N–H and O–H groups in total. The molecule has 0 spiro atoms. The SMILES string of the molecule is Cc1cccc(C)c1CC(=O)c1ccc(Br)cc1F. The molecule has 2 rings (SSSR count). The Morgan fingerprint density at radius 1 is 1.16 bits per heavy atom. The molecular weight excluding hydrogens is 307 g/mol. The summed E-state index contributed by atoms with van der Waals surface area (Å²) in [5.41, 5.74) is 3.25. The number of benzene rings is 2. The van der Waals surface area contributed by atoms with Crippen LogP contribution in [0.3, 0.4) is 0 Å². The molecular formula is C16H14BrFO. The molecule has 0 unspecified atom stereocenters. The molecule has 0 fully saturated rings. The van der Waals surface area contributed by atoms with Crippen LogP contribution in [-0.4, -0.2) is 5.78 Å². The van der Waals surface area contributed by atoms with Crippen molar-refractivity contribution in [3.63, 3.8) is 0 Å². The highest BCUT2D eigenvalue weighted by Crippen LogP contribution is 2.20. The largest absolute Gasteiger partial charge is 0.294 e. The van der Waals surface area contributed by atoms with E-state index in [0.29, 0.717) is 4.47 Å². The Bertz CT molecular complexity index is 614. The number of ketones is 1. The van der Waals surface area contributed by atoms with E-state index in [4.69, 9.17) is 0 Å². The molecule has 2 aromatic carbocycles. The van der Waals surface area contributed by atoms with Gasteiger partial charge in [0.05, 0.1) is 5.56 Å². The average molecular weight is 321 g/mol. The topological polar surface area (TPSA) is 17.1 Å². The number of carbonyl (C=O) groups is 1. The summed E-state index contributed by atoms with van der Waals surface area (Å²) in [6.07, 6.45) is 0.233. The van der Waals surface area contributed by atoms with Crippen LogP contribution in [-0.2, 0) is 6.42 Å². The summed E-state index contributed by atoms with van der Waals surface area (Å²) in [5, 5.41) is 0. The number of Topliss-reactive ketones (excluding diaryl/α,β-unsaturated/α-hetero) is 1. The van der Waals surface area contributed by atoms with Crippen LogP contribution in [0.4, 0.5) is 4.39 Å². The van der Waals surface area contributed by atoms with Crippen molar-refractivity contribution in [2.75, 3.05) is 0 Å². The van der Waals surface area contributed by atoms with Crippen LogP contribution < -0.4 is 0 Å². The van der Waals surface area contributed by atoms with Gasteiger partial charge < -0.3 is 0 Å². The minimum Gasteiger partial charge on any atom is -0.294 e. The summed E-state index contributed by atoms with van der Waals surface area (Å²) < 4.78 is 14.4. The number of aryl methyl sites for hydroxylation is 2. The molecule has 0 aliphatic rings. The minimum absolute atomic E-state index is 0.144. The summed E-state index contributed by atoms with van der Waals surface area (Å²) in [6.45, 7) is 3.93. The first-order valence-corrected chi connectivity index (χ1v) is 6.81. The molecule has 0 bridgehead atoms. The number of halogens is 2. The molecule has 0 radical (unpaired) electrons. The summed E-state index contributed by atoms with van der Waals surface area (Å²) in [5.74, 6) is -0.673. The Labute approximate surface area is 120 Å². The van der Waals surface area contributed by atoms with Gasteiger partial charge in [-0.2, -0.15) is 0 Å². The van der Waals surface area contributed by atoms with Crippen molar-refractivity contribution in [3.05, 3.63) is 68.9 Å². The van der Waals surface area contributed by atoms with E-state index in [2.05, 4.69) is 15.9 Å². The highest BCUT2D eigenvalue weighted by atomic mass is 79.9. The van der Waals surface area contributed by atoms with Gasteiger partial charge in [0.25, 0.3) is 0 Å². The van der Waals surface area contributed by atoms with Crippen LogP contribution in [0.5, 0.6) is 0 Å². The molecule has 0 atom stereocenters. The molecule has 19 heavy (non-hydrogen) atoms. The van der Waals surface area contributed by atoms with Crippen molar-refractivity contribution in [1.29, 1.82) is 0 Å². The molecule has 0 saturated heterocycles. The van der Waals surface area contributed by atoms with Crippen molar-refractivity contribution in [2.45, 2.75) is 20.3 Å². The second-order valence-corrected chi connectivity index (χ2v) is 5.51. The van der Waals surface area contributed by atoms with Crippen LogP contribution in [0.15, 0.2) is 40.9 Å². The predicted molar refractivity (Wildman–Crippen MR) is 78.1 cm³/mol. The normalized spacial score (nSPS) is 10.5. The average Bonchev–Trinajstić information content (AvgIpc) is 2.33.